The molecule has 1 aromatic rings. The number of ether oxygens (including phenoxy) is 1. The van der Waals surface area contributed by atoms with Crippen molar-refractivity contribution in [1.29, 1.82) is 0 Å². The molecule has 0 aliphatic heterocycles. The maximum Gasteiger partial charge on any atom is 0.321 e. The van der Waals surface area contributed by atoms with Gasteiger partial charge in [0.2, 0.25) is 0 Å². The summed E-state index contributed by atoms with van der Waals surface area (Å²) in [7, 11) is 3.29. The van der Waals surface area contributed by atoms with Crippen LogP contribution in [-0.2, 0) is 0 Å². The molecular weight excluding hydrogens is 232 g/mol. The molecule has 2 amide bonds. The SMILES string of the molecule is COc1ccc(NC(=O)N(C)CCC(C)O)cc1. The summed E-state index contributed by atoms with van der Waals surface area (Å²) in [6.45, 7) is 2.22. The highest BCUT2D eigenvalue weighted by atomic mass is 16.5. The Hall–Kier alpha value is -1.75. The lowest BCUT2D eigenvalue weighted by Gasteiger charge is -2.18. The summed E-state index contributed by atoms with van der Waals surface area (Å²) in [4.78, 5) is 13.3. The van der Waals surface area contributed by atoms with Crippen molar-refractivity contribution >= 4 is 11.7 Å². The zero-order valence-corrected chi connectivity index (χ0v) is 11.0. The molecule has 2 N–H and O–H groups in total. The van der Waals surface area contributed by atoms with Crippen molar-refractivity contribution in [2.75, 3.05) is 26.0 Å². The van der Waals surface area contributed by atoms with Gasteiger partial charge in [0.1, 0.15) is 5.75 Å². The number of rotatable bonds is 5. The van der Waals surface area contributed by atoms with E-state index in [1.54, 1.807) is 45.3 Å². The topological polar surface area (TPSA) is 61.8 Å². The Morgan fingerprint density at radius 2 is 2.06 bits per heavy atom. The van der Waals surface area contributed by atoms with E-state index in [4.69, 9.17) is 9.84 Å². The molecule has 5 nitrogen and oxygen atoms in total. The third-order valence-corrected chi connectivity index (χ3v) is 2.57. The summed E-state index contributed by atoms with van der Waals surface area (Å²) < 4.78 is 5.04. The molecular formula is C13H20N2O3. The molecule has 0 bridgehead atoms. The zero-order chi connectivity index (χ0) is 13.5. The standard InChI is InChI=1S/C13H20N2O3/c1-10(16)8-9-15(2)13(17)14-11-4-6-12(18-3)7-5-11/h4-7,10,16H,8-9H2,1-3H3,(H,14,17). The Kier molecular flexibility index (Phi) is 5.45. The summed E-state index contributed by atoms with van der Waals surface area (Å²) in [5, 5.41) is 11.9. The third kappa shape index (κ3) is 4.63. The van der Waals surface area contributed by atoms with Crippen LogP contribution >= 0.6 is 0 Å². The zero-order valence-electron chi connectivity index (χ0n) is 11.0. The van der Waals surface area contributed by atoms with Gasteiger partial charge in [0.25, 0.3) is 0 Å². The van der Waals surface area contributed by atoms with E-state index in [-0.39, 0.29) is 6.03 Å². The number of aliphatic hydroxyl groups is 1. The summed E-state index contributed by atoms with van der Waals surface area (Å²) in [6, 6.07) is 6.93. The molecule has 18 heavy (non-hydrogen) atoms. The molecule has 1 rings (SSSR count). The second-order valence-corrected chi connectivity index (χ2v) is 4.22. The van der Waals surface area contributed by atoms with Gasteiger partial charge in [0.15, 0.2) is 0 Å². The van der Waals surface area contributed by atoms with Crippen LogP contribution in [0.15, 0.2) is 24.3 Å². The number of hydrogen-bond donors (Lipinski definition) is 2. The van der Waals surface area contributed by atoms with Crippen molar-refractivity contribution < 1.29 is 14.6 Å². The Morgan fingerprint density at radius 1 is 1.44 bits per heavy atom. The summed E-state index contributed by atoms with van der Waals surface area (Å²) in [5.41, 5.74) is 0.713. The van der Waals surface area contributed by atoms with Crippen LogP contribution in [0.2, 0.25) is 0 Å². The highest BCUT2D eigenvalue weighted by Crippen LogP contribution is 2.15. The van der Waals surface area contributed by atoms with E-state index in [1.165, 1.54) is 4.90 Å². The van der Waals surface area contributed by atoms with Crippen LogP contribution < -0.4 is 10.1 Å². The van der Waals surface area contributed by atoms with Gasteiger partial charge in [-0.2, -0.15) is 0 Å². The number of anilines is 1. The average molecular weight is 252 g/mol. The highest BCUT2D eigenvalue weighted by Gasteiger charge is 2.09. The average Bonchev–Trinajstić information content (AvgIpc) is 2.36. The van der Waals surface area contributed by atoms with Gasteiger partial charge in [-0.25, -0.2) is 4.79 Å². The van der Waals surface area contributed by atoms with E-state index in [9.17, 15) is 4.79 Å². The van der Waals surface area contributed by atoms with Crippen LogP contribution in [0.25, 0.3) is 0 Å². The number of methoxy groups -OCH3 is 1. The van der Waals surface area contributed by atoms with Gasteiger partial charge in [-0.1, -0.05) is 0 Å². The maximum absolute atomic E-state index is 11.8. The first-order chi connectivity index (χ1) is 8.52. The number of nitrogens with zero attached hydrogens (tertiary/aromatic N) is 1. The van der Waals surface area contributed by atoms with Crippen LogP contribution in [0, 0.1) is 0 Å². The lowest BCUT2D eigenvalue weighted by molar-refractivity contribution is 0.167. The minimum Gasteiger partial charge on any atom is -0.497 e. The number of hydrogen-bond acceptors (Lipinski definition) is 3. The summed E-state index contributed by atoms with van der Waals surface area (Å²) in [5.74, 6) is 0.746. The second-order valence-electron chi connectivity index (χ2n) is 4.22. The first-order valence-electron chi connectivity index (χ1n) is 5.87. The molecule has 1 unspecified atom stereocenters. The number of carbonyl (C=O) groups excluding carboxylic acids is 1. The molecule has 5 heteroatoms. The third-order valence-electron chi connectivity index (χ3n) is 2.57. The number of carbonyl (C=O) groups is 1. The van der Waals surface area contributed by atoms with Crippen molar-refractivity contribution in [3.63, 3.8) is 0 Å². The van der Waals surface area contributed by atoms with Gasteiger partial charge >= 0.3 is 6.03 Å². The molecule has 0 aromatic heterocycles. The molecule has 1 aromatic carbocycles. The predicted octanol–water partition coefficient (Wildman–Crippen LogP) is 1.93. The first kappa shape index (κ1) is 14.3. The monoisotopic (exact) mass is 252 g/mol. The smallest absolute Gasteiger partial charge is 0.321 e. The maximum atomic E-state index is 11.8. The van der Waals surface area contributed by atoms with Crippen LogP contribution in [0.5, 0.6) is 5.75 Å². The molecule has 0 aliphatic rings. The molecule has 0 spiro atoms. The van der Waals surface area contributed by atoms with Crippen LogP contribution in [0.3, 0.4) is 0 Å². The van der Waals surface area contributed by atoms with E-state index in [1.807, 2.05) is 0 Å². The molecule has 0 saturated carbocycles. The van der Waals surface area contributed by atoms with Crippen LogP contribution in [-0.4, -0.2) is 42.8 Å². The number of amides is 2. The molecule has 1 atom stereocenters. The number of urea groups is 1. The summed E-state index contributed by atoms with van der Waals surface area (Å²) >= 11 is 0. The molecule has 100 valence electrons. The van der Waals surface area contributed by atoms with E-state index in [0.717, 1.165) is 5.75 Å². The number of nitrogens with one attached hydrogen (secondary N) is 1. The number of benzene rings is 1. The van der Waals surface area contributed by atoms with E-state index < -0.39 is 6.10 Å². The van der Waals surface area contributed by atoms with Gasteiger partial charge in [-0.3, -0.25) is 0 Å². The molecule has 0 fully saturated rings. The van der Waals surface area contributed by atoms with Gasteiger partial charge in [0, 0.05) is 19.3 Å². The fourth-order valence-electron chi connectivity index (χ4n) is 1.38. The van der Waals surface area contributed by atoms with Gasteiger partial charge < -0.3 is 20.1 Å². The van der Waals surface area contributed by atoms with Crippen molar-refractivity contribution in [2.24, 2.45) is 0 Å². The Bertz CT molecular complexity index is 376. The second kappa shape index (κ2) is 6.86. The fourth-order valence-corrected chi connectivity index (χ4v) is 1.38. The highest BCUT2D eigenvalue weighted by molar-refractivity contribution is 5.89. The Labute approximate surface area is 107 Å². The first-order valence-corrected chi connectivity index (χ1v) is 5.87. The predicted molar refractivity (Wildman–Crippen MR) is 70.9 cm³/mol. The van der Waals surface area contributed by atoms with Gasteiger partial charge in [-0.05, 0) is 37.6 Å². The molecule has 0 heterocycles. The summed E-state index contributed by atoms with van der Waals surface area (Å²) in [6.07, 6.45) is 0.160. The lowest BCUT2D eigenvalue weighted by Crippen LogP contribution is -2.33. The van der Waals surface area contributed by atoms with E-state index in [0.29, 0.717) is 18.7 Å². The normalized spacial score (nSPS) is 11.8. The van der Waals surface area contributed by atoms with Crippen LogP contribution in [0.4, 0.5) is 10.5 Å². The Morgan fingerprint density at radius 3 is 2.56 bits per heavy atom. The minimum absolute atomic E-state index is 0.194. The molecule has 0 aliphatic carbocycles. The minimum atomic E-state index is -0.402. The number of aliphatic hydroxyl groups excluding tert-OH is 1. The molecule has 0 radical (unpaired) electrons. The van der Waals surface area contributed by atoms with E-state index >= 15 is 0 Å². The van der Waals surface area contributed by atoms with Crippen molar-refractivity contribution in [1.82, 2.24) is 4.90 Å². The lowest BCUT2D eigenvalue weighted by atomic mass is 10.3. The Balaban J connectivity index is 2.47. The van der Waals surface area contributed by atoms with Crippen molar-refractivity contribution in [3.8, 4) is 5.75 Å². The van der Waals surface area contributed by atoms with Gasteiger partial charge in [-0.15, -0.1) is 0 Å². The largest absolute Gasteiger partial charge is 0.497 e. The molecule has 0 saturated heterocycles. The van der Waals surface area contributed by atoms with Gasteiger partial charge in [0.05, 0.1) is 13.2 Å². The quantitative estimate of drug-likeness (QED) is 0.841. The van der Waals surface area contributed by atoms with Crippen molar-refractivity contribution in [3.05, 3.63) is 24.3 Å². The van der Waals surface area contributed by atoms with Crippen molar-refractivity contribution in [2.45, 2.75) is 19.4 Å². The fraction of sp³-hybridized carbons (Fsp3) is 0.462. The van der Waals surface area contributed by atoms with E-state index in [2.05, 4.69) is 5.32 Å². The van der Waals surface area contributed by atoms with Crippen LogP contribution in [0.1, 0.15) is 13.3 Å².